The van der Waals surface area contributed by atoms with Crippen LogP contribution < -0.4 is 0 Å². The monoisotopic (exact) mass is 166 g/mol. The molecule has 2 N–H and O–H groups in total. The number of hydrogen-bond donors (Lipinski definition) is 2. The molecule has 5 heteroatoms. The molecule has 0 bridgehead atoms. The Balaban J connectivity index is 4.05. The second-order valence-electron chi connectivity index (χ2n) is 0.939. The van der Waals surface area contributed by atoms with Crippen LogP contribution in [-0.4, -0.2) is 25.2 Å². The van der Waals surface area contributed by atoms with E-state index in [-0.39, 0.29) is 4.86 Å². The van der Waals surface area contributed by atoms with Gasteiger partial charge >= 0.3 is 0 Å². The molecule has 0 rings (SSSR count). The smallest absolute Gasteiger partial charge is 0.204 e. The summed E-state index contributed by atoms with van der Waals surface area (Å²) in [4.78, 5) is -0.241. The number of aliphatic hydroxyl groups is 2. The Labute approximate surface area is 62.1 Å². The van der Waals surface area contributed by atoms with Crippen molar-refractivity contribution in [2.24, 2.45) is 0 Å². The molecule has 0 unspecified atom stereocenters. The van der Waals surface area contributed by atoms with Crippen LogP contribution in [0.5, 0.6) is 0 Å². The molecule has 0 spiro atoms. The van der Waals surface area contributed by atoms with Crippen molar-refractivity contribution in [2.75, 3.05) is 0 Å². The zero-order chi connectivity index (χ0) is 6.73. The van der Waals surface area contributed by atoms with Crippen molar-refractivity contribution in [1.29, 1.82) is 0 Å². The maximum absolute atomic E-state index is 8.33. The topological polar surface area (TPSA) is 40.5 Å². The van der Waals surface area contributed by atoms with Crippen LogP contribution in [0.25, 0.3) is 0 Å². The van der Waals surface area contributed by atoms with Crippen LogP contribution in [0.3, 0.4) is 0 Å². The summed E-state index contributed by atoms with van der Waals surface area (Å²) < 4.78 is 0. The molecule has 8 heavy (non-hydrogen) atoms. The normalized spacial score (nSPS) is 8.00. The molecule has 0 aliphatic heterocycles. The summed E-state index contributed by atoms with van der Waals surface area (Å²) in [6.07, 6.45) is 0. The first-order chi connectivity index (χ1) is 3.55. The van der Waals surface area contributed by atoms with Crippen molar-refractivity contribution >= 4 is 51.6 Å². The van der Waals surface area contributed by atoms with Crippen molar-refractivity contribution in [1.82, 2.24) is 0 Å². The quantitative estimate of drug-likeness (QED) is 0.602. The highest BCUT2D eigenvalue weighted by Crippen LogP contribution is 1.82. The van der Waals surface area contributed by atoms with Crippen LogP contribution in [0.2, 0.25) is 0 Å². The molecule has 0 aliphatic rings. The molecule has 0 aromatic heterocycles. The van der Waals surface area contributed by atoms with Gasteiger partial charge in [0.15, 0.2) is 0 Å². The van der Waals surface area contributed by atoms with Crippen LogP contribution in [0.1, 0.15) is 0 Å². The summed E-state index contributed by atoms with van der Waals surface area (Å²) in [5.74, 6) is 0. The van der Waals surface area contributed by atoms with E-state index in [1.165, 1.54) is 0 Å². The lowest BCUT2D eigenvalue weighted by atomic mass is 10.5. The third kappa shape index (κ3) is 2.25. The summed E-state index contributed by atoms with van der Waals surface area (Å²) in [5, 5.41) is 15.6. The predicted octanol–water partition coefficient (Wildman–Crippen LogP) is 1.13. The van der Waals surface area contributed by atoms with Crippen molar-refractivity contribution in [2.45, 2.75) is 0 Å². The number of rotatable bonds is 2. The van der Waals surface area contributed by atoms with Gasteiger partial charge in [-0.15, -0.1) is 0 Å². The molecule has 0 atom stereocenters. The minimum absolute atomic E-state index is 0.241. The first-order valence-electron chi connectivity index (χ1n) is 1.56. The summed E-state index contributed by atoms with van der Waals surface area (Å²) in [7, 11) is 0. The molecule has 0 fully saturated rings. The van der Waals surface area contributed by atoms with Crippen LogP contribution in [0.4, 0.5) is 0 Å². The van der Waals surface area contributed by atoms with Gasteiger partial charge in [0.2, 0.25) is 10.1 Å². The minimum atomic E-state index is -0.535. The Morgan fingerprint density at radius 2 is 1.12 bits per heavy atom. The molecule has 0 aliphatic carbocycles. The zero-order valence-electron chi connectivity index (χ0n) is 3.62. The van der Waals surface area contributed by atoms with E-state index in [4.69, 9.17) is 10.2 Å². The molecule has 0 saturated heterocycles. The molecule has 2 nitrogen and oxygen atoms in total. The van der Waals surface area contributed by atoms with Crippen molar-refractivity contribution < 1.29 is 10.2 Å². The summed E-state index contributed by atoms with van der Waals surface area (Å²) >= 11 is 12.6. The average molecular weight is 166 g/mol. The Morgan fingerprint density at radius 3 is 1.12 bits per heavy atom. The second-order valence-corrected chi connectivity index (χ2v) is 2.12. The van der Waals surface area contributed by atoms with Crippen molar-refractivity contribution in [3.05, 3.63) is 0 Å². The van der Waals surface area contributed by atoms with E-state index in [1.807, 2.05) is 0 Å². The Morgan fingerprint density at radius 1 is 0.875 bits per heavy atom. The maximum Gasteiger partial charge on any atom is 0.204 e. The highest BCUT2D eigenvalue weighted by Gasteiger charge is 2.05. The number of hydrogen-bond acceptors (Lipinski definition) is 3. The van der Waals surface area contributed by atoms with E-state index in [9.17, 15) is 0 Å². The van der Waals surface area contributed by atoms with E-state index in [1.54, 1.807) is 0 Å². The summed E-state index contributed by atoms with van der Waals surface area (Å²) in [5.41, 5.74) is 0. The first kappa shape index (κ1) is 7.87. The van der Waals surface area contributed by atoms with Crippen LogP contribution in [-0.2, 0) is 0 Å². The van der Waals surface area contributed by atoms with E-state index >= 15 is 0 Å². The van der Waals surface area contributed by atoms with Gasteiger partial charge in [0.1, 0.15) is 4.86 Å². The zero-order valence-corrected chi connectivity index (χ0v) is 6.07. The SMILES string of the molecule is OC(=S)C(=S)C(O)=S. The first-order valence-corrected chi connectivity index (χ1v) is 2.78. The molecular formula is C3H2O2S3. The fourth-order valence-corrected chi connectivity index (χ4v) is 0.349. The molecule has 0 radical (unpaired) electrons. The van der Waals surface area contributed by atoms with Gasteiger partial charge in [-0.05, 0) is 24.4 Å². The standard InChI is InChI=1S/C3H2O2S3/c4-2(7)1(6)3(5)8/h(H,4,7)(H,5,8). The van der Waals surface area contributed by atoms with Gasteiger partial charge in [0.25, 0.3) is 0 Å². The van der Waals surface area contributed by atoms with Gasteiger partial charge in [0.05, 0.1) is 0 Å². The Hall–Kier alpha value is -0.130. The lowest BCUT2D eigenvalue weighted by Crippen LogP contribution is -2.16. The van der Waals surface area contributed by atoms with Gasteiger partial charge in [-0.1, -0.05) is 12.2 Å². The van der Waals surface area contributed by atoms with Gasteiger partial charge in [-0.3, -0.25) is 0 Å². The average Bonchev–Trinajstić information content (AvgIpc) is 1.64. The fraction of sp³-hybridized carbons (Fsp3) is 0. The predicted molar refractivity (Wildman–Crippen MR) is 43.1 cm³/mol. The Kier molecular flexibility index (Phi) is 2.96. The third-order valence-electron chi connectivity index (χ3n) is 0.388. The Bertz CT molecular complexity index is 135. The lowest BCUT2D eigenvalue weighted by Gasteiger charge is -1.90. The molecule has 0 heterocycles. The molecule has 0 aromatic carbocycles. The highest BCUT2D eigenvalue weighted by molar-refractivity contribution is 7.94. The number of thiocarbonyl (C=S) groups is 3. The van der Waals surface area contributed by atoms with E-state index < -0.39 is 10.1 Å². The van der Waals surface area contributed by atoms with Crippen molar-refractivity contribution in [3.8, 4) is 0 Å². The lowest BCUT2D eigenvalue weighted by molar-refractivity contribution is 0.569. The van der Waals surface area contributed by atoms with E-state index in [0.717, 1.165) is 0 Å². The highest BCUT2D eigenvalue weighted by atomic mass is 32.1. The van der Waals surface area contributed by atoms with Gasteiger partial charge in [0, 0.05) is 0 Å². The largest absolute Gasteiger partial charge is 0.498 e. The number of aliphatic hydroxyl groups excluding tert-OH is 2. The molecule has 0 aromatic rings. The van der Waals surface area contributed by atoms with Crippen LogP contribution in [0, 0.1) is 0 Å². The van der Waals surface area contributed by atoms with E-state index in [0.29, 0.717) is 0 Å². The van der Waals surface area contributed by atoms with E-state index in [2.05, 4.69) is 36.7 Å². The minimum Gasteiger partial charge on any atom is -0.498 e. The molecule has 0 saturated carbocycles. The van der Waals surface area contributed by atoms with Crippen molar-refractivity contribution in [3.63, 3.8) is 0 Å². The second kappa shape index (κ2) is 3.01. The van der Waals surface area contributed by atoms with Gasteiger partial charge in [-0.25, -0.2) is 0 Å². The molecule has 44 valence electrons. The maximum atomic E-state index is 8.33. The molecule has 0 amide bonds. The van der Waals surface area contributed by atoms with Crippen LogP contribution >= 0.6 is 36.7 Å². The molecular weight excluding hydrogens is 164 g/mol. The van der Waals surface area contributed by atoms with Crippen LogP contribution in [0.15, 0.2) is 0 Å². The fourth-order valence-electron chi connectivity index (χ4n) is 0.0915. The van der Waals surface area contributed by atoms with Gasteiger partial charge in [-0.2, -0.15) is 0 Å². The summed E-state index contributed by atoms with van der Waals surface area (Å²) in [6.45, 7) is 0. The summed E-state index contributed by atoms with van der Waals surface area (Å²) in [6, 6.07) is 0. The van der Waals surface area contributed by atoms with Gasteiger partial charge < -0.3 is 10.2 Å². The third-order valence-corrected chi connectivity index (χ3v) is 1.44.